The highest BCUT2D eigenvalue weighted by atomic mass is 35.5. The number of nitrogens with zero attached hydrogens (tertiary/aromatic N) is 2. The molecular formula is C12H10ClFN2O. The van der Waals surface area contributed by atoms with E-state index in [1.807, 2.05) is 0 Å². The minimum absolute atomic E-state index is 0.0993. The van der Waals surface area contributed by atoms with Crippen molar-refractivity contribution >= 4 is 11.6 Å². The molecule has 0 aliphatic heterocycles. The van der Waals surface area contributed by atoms with Crippen LogP contribution in [0.15, 0.2) is 24.3 Å². The summed E-state index contributed by atoms with van der Waals surface area (Å²) in [5.41, 5.74) is 1.47. The minimum Gasteiger partial charge on any atom is -0.494 e. The van der Waals surface area contributed by atoms with Gasteiger partial charge in [-0.2, -0.15) is 0 Å². The second-order valence-electron chi connectivity index (χ2n) is 3.49. The van der Waals surface area contributed by atoms with Crippen LogP contribution in [0.2, 0.25) is 5.28 Å². The van der Waals surface area contributed by atoms with E-state index in [0.29, 0.717) is 17.0 Å². The standard InChI is InChI=1S/C12H10ClFN2O/c1-7-6-9(16-12(13)15-7)8-4-3-5-10(17-2)11(8)14/h3-6H,1-2H3. The van der Waals surface area contributed by atoms with Crippen molar-refractivity contribution in [3.63, 3.8) is 0 Å². The molecule has 0 aliphatic carbocycles. The Bertz CT molecular complexity index is 540. The molecule has 17 heavy (non-hydrogen) atoms. The number of hydrogen-bond donors (Lipinski definition) is 0. The molecule has 2 aromatic rings. The SMILES string of the molecule is COc1cccc(-c2cc(C)nc(Cl)n2)c1F. The molecule has 1 aromatic carbocycles. The predicted octanol–water partition coefficient (Wildman–Crippen LogP) is 3.25. The van der Waals surface area contributed by atoms with Crippen molar-refractivity contribution in [2.24, 2.45) is 0 Å². The molecule has 3 nitrogen and oxygen atoms in total. The van der Waals surface area contributed by atoms with Gasteiger partial charge < -0.3 is 4.74 Å². The first kappa shape index (κ1) is 11.8. The fourth-order valence-electron chi connectivity index (χ4n) is 1.54. The molecule has 0 radical (unpaired) electrons. The van der Waals surface area contributed by atoms with Gasteiger partial charge in [0.2, 0.25) is 5.28 Å². The summed E-state index contributed by atoms with van der Waals surface area (Å²) in [4.78, 5) is 7.93. The fraction of sp³-hybridized carbons (Fsp3) is 0.167. The average molecular weight is 253 g/mol. The van der Waals surface area contributed by atoms with Crippen LogP contribution in [0.4, 0.5) is 4.39 Å². The largest absolute Gasteiger partial charge is 0.494 e. The summed E-state index contributed by atoms with van der Waals surface area (Å²) in [5, 5.41) is 0.0993. The van der Waals surface area contributed by atoms with Gasteiger partial charge in [0.1, 0.15) is 0 Å². The van der Waals surface area contributed by atoms with Gasteiger partial charge in [0.05, 0.1) is 12.8 Å². The van der Waals surface area contributed by atoms with Gasteiger partial charge in [-0.05, 0) is 36.7 Å². The summed E-state index contributed by atoms with van der Waals surface area (Å²) in [6, 6.07) is 6.54. The van der Waals surface area contributed by atoms with E-state index in [1.54, 1.807) is 31.2 Å². The van der Waals surface area contributed by atoms with Crippen LogP contribution in [-0.2, 0) is 0 Å². The Balaban J connectivity index is 2.60. The molecule has 1 aromatic heterocycles. The van der Waals surface area contributed by atoms with Crippen molar-refractivity contribution < 1.29 is 9.13 Å². The molecule has 0 amide bonds. The van der Waals surface area contributed by atoms with Crippen LogP contribution in [0.1, 0.15) is 5.69 Å². The van der Waals surface area contributed by atoms with Gasteiger partial charge in [0.25, 0.3) is 0 Å². The lowest BCUT2D eigenvalue weighted by Gasteiger charge is -2.07. The van der Waals surface area contributed by atoms with Crippen molar-refractivity contribution in [3.05, 3.63) is 41.1 Å². The van der Waals surface area contributed by atoms with E-state index in [4.69, 9.17) is 16.3 Å². The molecule has 88 valence electrons. The van der Waals surface area contributed by atoms with Crippen LogP contribution >= 0.6 is 11.6 Å². The van der Waals surface area contributed by atoms with Gasteiger partial charge in [-0.15, -0.1) is 0 Å². The Kier molecular flexibility index (Phi) is 3.24. The van der Waals surface area contributed by atoms with Crippen LogP contribution in [0, 0.1) is 12.7 Å². The Labute approximate surface area is 103 Å². The van der Waals surface area contributed by atoms with E-state index in [-0.39, 0.29) is 11.0 Å². The number of rotatable bonds is 2. The maximum Gasteiger partial charge on any atom is 0.223 e. The van der Waals surface area contributed by atoms with Gasteiger partial charge in [-0.3, -0.25) is 0 Å². The van der Waals surface area contributed by atoms with Crippen LogP contribution in [0.5, 0.6) is 5.75 Å². The molecule has 0 saturated heterocycles. The Morgan fingerprint density at radius 1 is 1.29 bits per heavy atom. The number of aryl methyl sites for hydroxylation is 1. The molecule has 0 bridgehead atoms. The maximum absolute atomic E-state index is 14.0. The average Bonchev–Trinajstić information content (AvgIpc) is 2.28. The highest BCUT2D eigenvalue weighted by molar-refractivity contribution is 6.28. The van der Waals surface area contributed by atoms with Crippen molar-refractivity contribution in [1.29, 1.82) is 0 Å². The molecule has 2 rings (SSSR count). The van der Waals surface area contributed by atoms with E-state index < -0.39 is 5.82 Å². The molecule has 0 atom stereocenters. The first-order valence-electron chi connectivity index (χ1n) is 4.96. The zero-order chi connectivity index (χ0) is 12.4. The molecule has 0 unspecified atom stereocenters. The van der Waals surface area contributed by atoms with Crippen molar-refractivity contribution in [3.8, 4) is 17.0 Å². The van der Waals surface area contributed by atoms with Gasteiger partial charge in [-0.1, -0.05) is 6.07 Å². The Morgan fingerprint density at radius 2 is 2.06 bits per heavy atom. The molecule has 5 heteroatoms. The van der Waals surface area contributed by atoms with Crippen LogP contribution in [0.3, 0.4) is 0 Å². The van der Waals surface area contributed by atoms with Gasteiger partial charge >= 0.3 is 0 Å². The number of aromatic nitrogens is 2. The third-order valence-corrected chi connectivity index (χ3v) is 2.46. The summed E-state index contributed by atoms with van der Waals surface area (Å²) in [5.74, 6) is -0.279. The van der Waals surface area contributed by atoms with Crippen molar-refractivity contribution in [1.82, 2.24) is 9.97 Å². The van der Waals surface area contributed by atoms with E-state index in [9.17, 15) is 4.39 Å². The van der Waals surface area contributed by atoms with Gasteiger partial charge in [0.15, 0.2) is 11.6 Å². The number of benzene rings is 1. The zero-order valence-electron chi connectivity index (χ0n) is 9.37. The zero-order valence-corrected chi connectivity index (χ0v) is 10.1. The topological polar surface area (TPSA) is 35.0 Å². The Morgan fingerprint density at radius 3 is 2.71 bits per heavy atom. The summed E-state index contributed by atoms with van der Waals surface area (Å²) in [6.45, 7) is 1.77. The molecule has 0 aliphatic rings. The molecule has 0 saturated carbocycles. The van der Waals surface area contributed by atoms with Gasteiger partial charge in [-0.25, -0.2) is 14.4 Å². The third kappa shape index (κ3) is 2.36. The summed E-state index contributed by atoms with van der Waals surface area (Å²) in [7, 11) is 1.42. The van der Waals surface area contributed by atoms with E-state index in [0.717, 1.165) is 0 Å². The number of hydrogen-bond acceptors (Lipinski definition) is 3. The van der Waals surface area contributed by atoms with E-state index >= 15 is 0 Å². The summed E-state index contributed by atoms with van der Waals surface area (Å²) in [6.07, 6.45) is 0. The quantitative estimate of drug-likeness (QED) is 0.770. The molecule has 0 N–H and O–H groups in total. The highest BCUT2D eigenvalue weighted by Gasteiger charge is 2.12. The normalized spacial score (nSPS) is 10.4. The van der Waals surface area contributed by atoms with Gasteiger partial charge in [0, 0.05) is 11.3 Å². The smallest absolute Gasteiger partial charge is 0.223 e. The monoisotopic (exact) mass is 252 g/mol. The second-order valence-corrected chi connectivity index (χ2v) is 3.82. The number of ether oxygens (including phenoxy) is 1. The lowest BCUT2D eigenvalue weighted by atomic mass is 10.1. The highest BCUT2D eigenvalue weighted by Crippen LogP contribution is 2.28. The van der Waals surface area contributed by atoms with E-state index in [2.05, 4.69) is 9.97 Å². The third-order valence-electron chi connectivity index (χ3n) is 2.29. The summed E-state index contributed by atoms with van der Waals surface area (Å²) < 4.78 is 18.9. The van der Waals surface area contributed by atoms with Crippen LogP contribution in [0.25, 0.3) is 11.3 Å². The van der Waals surface area contributed by atoms with Crippen molar-refractivity contribution in [2.75, 3.05) is 7.11 Å². The molecular weight excluding hydrogens is 243 g/mol. The van der Waals surface area contributed by atoms with Crippen LogP contribution < -0.4 is 4.74 Å². The first-order valence-corrected chi connectivity index (χ1v) is 5.33. The second kappa shape index (κ2) is 4.67. The van der Waals surface area contributed by atoms with E-state index in [1.165, 1.54) is 7.11 Å². The first-order chi connectivity index (χ1) is 8.11. The van der Waals surface area contributed by atoms with Crippen molar-refractivity contribution in [2.45, 2.75) is 6.92 Å². The summed E-state index contributed by atoms with van der Waals surface area (Å²) >= 11 is 5.75. The predicted molar refractivity (Wildman–Crippen MR) is 63.7 cm³/mol. The molecule has 1 heterocycles. The molecule has 0 fully saturated rings. The Hall–Kier alpha value is -1.68. The van der Waals surface area contributed by atoms with Crippen LogP contribution in [-0.4, -0.2) is 17.1 Å². The lowest BCUT2D eigenvalue weighted by molar-refractivity contribution is 0.387. The minimum atomic E-state index is -0.454. The number of halogens is 2. The maximum atomic E-state index is 14.0. The number of methoxy groups -OCH3 is 1. The molecule has 0 spiro atoms. The fourth-order valence-corrected chi connectivity index (χ4v) is 1.76. The lowest BCUT2D eigenvalue weighted by Crippen LogP contribution is -1.95.